The van der Waals surface area contributed by atoms with Crippen LogP contribution >= 0.6 is 0 Å². The van der Waals surface area contributed by atoms with Crippen LogP contribution in [-0.2, 0) is 17.6 Å². The molecule has 1 aliphatic carbocycles. The van der Waals surface area contributed by atoms with Crippen molar-refractivity contribution >= 4 is 5.97 Å². The van der Waals surface area contributed by atoms with Crippen LogP contribution in [0.25, 0.3) is 0 Å². The van der Waals surface area contributed by atoms with Gasteiger partial charge in [-0.15, -0.1) is 0 Å². The van der Waals surface area contributed by atoms with Gasteiger partial charge in [-0.05, 0) is 48.3 Å². The maximum absolute atomic E-state index is 11.3. The van der Waals surface area contributed by atoms with Gasteiger partial charge < -0.3 is 5.11 Å². The van der Waals surface area contributed by atoms with E-state index in [1.165, 1.54) is 24.0 Å². The number of hydrogen-bond acceptors (Lipinski definition) is 1. The lowest BCUT2D eigenvalue weighted by Gasteiger charge is -2.21. The number of aryl methyl sites for hydroxylation is 2. The van der Waals surface area contributed by atoms with Crippen molar-refractivity contribution in [3.8, 4) is 0 Å². The summed E-state index contributed by atoms with van der Waals surface area (Å²) < 4.78 is 0. The molecular formula is C15H20O2. The van der Waals surface area contributed by atoms with E-state index >= 15 is 0 Å². The highest BCUT2D eigenvalue weighted by Gasteiger charge is 2.24. The van der Waals surface area contributed by atoms with Crippen molar-refractivity contribution in [3.63, 3.8) is 0 Å². The molecule has 1 aromatic rings. The second-order valence-electron chi connectivity index (χ2n) is 5.30. The van der Waals surface area contributed by atoms with Gasteiger partial charge in [0.15, 0.2) is 0 Å². The fourth-order valence-electron chi connectivity index (χ4n) is 2.76. The molecule has 0 fully saturated rings. The van der Waals surface area contributed by atoms with E-state index in [-0.39, 0.29) is 11.8 Å². The summed E-state index contributed by atoms with van der Waals surface area (Å²) in [5, 5.41) is 9.30. The molecule has 17 heavy (non-hydrogen) atoms. The molecule has 0 radical (unpaired) electrons. The number of fused-ring (bicyclic) bond motifs is 1. The molecule has 0 heterocycles. The van der Waals surface area contributed by atoms with E-state index in [1.54, 1.807) is 0 Å². The van der Waals surface area contributed by atoms with Gasteiger partial charge in [0.05, 0.1) is 5.92 Å². The van der Waals surface area contributed by atoms with Crippen LogP contribution in [0.1, 0.15) is 49.3 Å². The highest BCUT2D eigenvalue weighted by Crippen LogP contribution is 2.29. The second-order valence-corrected chi connectivity index (χ2v) is 5.30. The highest BCUT2D eigenvalue weighted by atomic mass is 16.4. The first-order chi connectivity index (χ1) is 8.09. The first kappa shape index (κ1) is 12.2. The predicted octanol–water partition coefficient (Wildman–Crippen LogP) is 3.39. The summed E-state index contributed by atoms with van der Waals surface area (Å²) in [7, 11) is 0. The summed E-state index contributed by atoms with van der Waals surface area (Å²) in [4.78, 5) is 11.3. The van der Waals surface area contributed by atoms with E-state index in [1.807, 2.05) is 19.9 Å². The molecule has 1 aliphatic rings. The van der Waals surface area contributed by atoms with E-state index < -0.39 is 5.97 Å². The summed E-state index contributed by atoms with van der Waals surface area (Å²) in [6.07, 6.45) is 4.75. The molecule has 2 rings (SSSR count). The van der Waals surface area contributed by atoms with Crippen LogP contribution in [0.15, 0.2) is 18.2 Å². The Hall–Kier alpha value is -1.31. The number of benzene rings is 1. The molecule has 2 heteroatoms. The largest absolute Gasteiger partial charge is 0.481 e. The van der Waals surface area contributed by atoms with Crippen LogP contribution in [0.2, 0.25) is 0 Å². The molecule has 1 aromatic carbocycles. The van der Waals surface area contributed by atoms with E-state index in [9.17, 15) is 9.90 Å². The first-order valence-corrected chi connectivity index (χ1v) is 6.44. The number of carboxylic acids is 1. The minimum absolute atomic E-state index is 0.133. The highest BCUT2D eigenvalue weighted by molar-refractivity contribution is 5.76. The summed E-state index contributed by atoms with van der Waals surface area (Å²) >= 11 is 0. The number of hydrogen-bond donors (Lipinski definition) is 1. The smallest absolute Gasteiger partial charge is 0.311 e. The molecule has 0 unspecified atom stereocenters. The molecule has 1 N–H and O–H groups in total. The third kappa shape index (κ3) is 2.51. The van der Waals surface area contributed by atoms with Gasteiger partial charge in [0.25, 0.3) is 0 Å². The van der Waals surface area contributed by atoms with E-state index in [4.69, 9.17) is 0 Å². The van der Waals surface area contributed by atoms with Crippen molar-refractivity contribution in [2.45, 2.75) is 45.4 Å². The lowest BCUT2D eigenvalue weighted by Crippen LogP contribution is -2.18. The molecule has 0 spiro atoms. The second kappa shape index (κ2) is 4.91. The topological polar surface area (TPSA) is 37.3 Å². The average Bonchev–Trinajstić information content (AvgIpc) is 2.28. The third-order valence-electron chi connectivity index (χ3n) is 3.66. The lowest BCUT2D eigenvalue weighted by molar-refractivity contribution is -0.139. The minimum atomic E-state index is -0.712. The zero-order valence-corrected chi connectivity index (χ0v) is 10.6. The van der Waals surface area contributed by atoms with Gasteiger partial charge in [0, 0.05) is 0 Å². The maximum Gasteiger partial charge on any atom is 0.311 e. The fraction of sp³-hybridized carbons (Fsp3) is 0.533. The maximum atomic E-state index is 11.3. The molecule has 0 amide bonds. The van der Waals surface area contributed by atoms with Gasteiger partial charge in [0.1, 0.15) is 0 Å². The van der Waals surface area contributed by atoms with Crippen LogP contribution in [0, 0.1) is 5.92 Å². The van der Waals surface area contributed by atoms with E-state index in [0.717, 1.165) is 18.4 Å². The normalized spacial score (nSPS) is 16.6. The molecule has 92 valence electrons. The van der Waals surface area contributed by atoms with Crippen molar-refractivity contribution in [1.29, 1.82) is 0 Å². The van der Waals surface area contributed by atoms with Crippen molar-refractivity contribution in [1.82, 2.24) is 0 Å². The van der Waals surface area contributed by atoms with Crippen LogP contribution < -0.4 is 0 Å². The van der Waals surface area contributed by atoms with Gasteiger partial charge in [-0.2, -0.15) is 0 Å². The van der Waals surface area contributed by atoms with Crippen molar-refractivity contribution in [2.75, 3.05) is 0 Å². The molecule has 0 saturated carbocycles. The number of rotatable bonds is 3. The standard InChI is InChI=1S/C15H20O2/c1-10(2)14(15(16)17)13-8-7-11-5-3-4-6-12(11)9-13/h7-10,14H,3-6H2,1-2H3,(H,16,17)/t14-/m0/s1. The van der Waals surface area contributed by atoms with Gasteiger partial charge in [-0.3, -0.25) is 4.79 Å². The Morgan fingerprint density at radius 1 is 1.18 bits per heavy atom. The van der Waals surface area contributed by atoms with Gasteiger partial charge in [0.2, 0.25) is 0 Å². The molecular weight excluding hydrogens is 212 g/mol. The molecule has 1 atom stereocenters. The summed E-state index contributed by atoms with van der Waals surface area (Å²) in [6, 6.07) is 6.25. The summed E-state index contributed by atoms with van der Waals surface area (Å²) in [5.41, 5.74) is 3.74. The number of aliphatic carboxylic acids is 1. The van der Waals surface area contributed by atoms with Crippen molar-refractivity contribution in [3.05, 3.63) is 34.9 Å². The van der Waals surface area contributed by atoms with E-state index in [0.29, 0.717) is 0 Å². The van der Waals surface area contributed by atoms with Crippen LogP contribution in [0.4, 0.5) is 0 Å². The Balaban J connectivity index is 2.35. The summed E-state index contributed by atoms with van der Waals surface area (Å²) in [6.45, 7) is 3.94. The number of carbonyl (C=O) groups is 1. The van der Waals surface area contributed by atoms with Crippen LogP contribution in [-0.4, -0.2) is 11.1 Å². The Bertz CT molecular complexity index is 421. The Labute approximate surface area is 103 Å². The number of carboxylic acid groups (broad SMARTS) is 1. The van der Waals surface area contributed by atoms with Gasteiger partial charge >= 0.3 is 5.97 Å². The Morgan fingerprint density at radius 3 is 2.41 bits per heavy atom. The van der Waals surface area contributed by atoms with E-state index in [2.05, 4.69) is 12.1 Å². The zero-order chi connectivity index (χ0) is 12.4. The third-order valence-corrected chi connectivity index (χ3v) is 3.66. The average molecular weight is 232 g/mol. The quantitative estimate of drug-likeness (QED) is 0.867. The predicted molar refractivity (Wildman–Crippen MR) is 68.3 cm³/mol. The zero-order valence-electron chi connectivity index (χ0n) is 10.6. The Kier molecular flexibility index (Phi) is 3.51. The van der Waals surface area contributed by atoms with Gasteiger partial charge in [-0.1, -0.05) is 32.0 Å². The first-order valence-electron chi connectivity index (χ1n) is 6.44. The molecule has 2 nitrogen and oxygen atoms in total. The van der Waals surface area contributed by atoms with Crippen LogP contribution in [0.5, 0.6) is 0 Å². The molecule has 0 saturated heterocycles. The van der Waals surface area contributed by atoms with Crippen molar-refractivity contribution < 1.29 is 9.90 Å². The lowest BCUT2D eigenvalue weighted by atomic mass is 9.84. The molecule has 0 bridgehead atoms. The monoisotopic (exact) mass is 232 g/mol. The molecule has 0 aromatic heterocycles. The van der Waals surface area contributed by atoms with Gasteiger partial charge in [-0.25, -0.2) is 0 Å². The SMILES string of the molecule is CC(C)[C@H](C(=O)O)c1ccc2c(c1)CCCC2. The Morgan fingerprint density at radius 2 is 1.82 bits per heavy atom. The fourth-order valence-corrected chi connectivity index (χ4v) is 2.76. The molecule has 0 aliphatic heterocycles. The van der Waals surface area contributed by atoms with Crippen molar-refractivity contribution in [2.24, 2.45) is 5.92 Å². The van der Waals surface area contributed by atoms with Crippen LogP contribution in [0.3, 0.4) is 0 Å². The minimum Gasteiger partial charge on any atom is -0.481 e. The summed E-state index contributed by atoms with van der Waals surface area (Å²) in [5.74, 6) is -0.952.